The largest absolute Gasteiger partial charge is 0.494 e. The van der Waals surface area contributed by atoms with Gasteiger partial charge in [0.15, 0.2) is 5.82 Å². The zero-order valence-corrected chi connectivity index (χ0v) is 19.2. The van der Waals surface area contributed by atoms with Crippen LogP contribution in [0.2, 0.25) is 0 Å². The molecule has 5 rings (SSSR count). The highest BCUT2D eigenvalue weighted by atomic mass is 16.5. The molecule has 0 aliphatic carbocycles. The van der Waals surface area contributed by atoms with Crippen LogP contribution in [0.3, 0.4) is 0 Å². The van der Waals surface area contributed by atoms with Gasteiger partial charge in [0.05, 0.1) is 42.2 Å². The molecule has 0 saturated carbocycles. The van der Waals surface area contributed by atoms with Crippen molar-refractivity contribution < 1.29 is 19.1 Å². The lowest BCUT2D eigenvalue weighted by Crippen LogP contribution is -2.56. The average molecular weight is 473 g/mol. The van der Waals surface area contributed by atoms with Gasteiger partial charge >= 0.3 is 0 Å². The second kappa shape index (κ2) is 9.01. The molecule has 11 nitrogen and oxygen atoms in total. The Morgan fingerprint density at radius 3 is 2.63 bits per heavy atom. The number of piperazine rings is 1. The Morgan fingerprint density at radius 1 is 1.14 bits per heavy atom. The Morgan fingerprint density at radius 2 is 1.94 bits per heavy atom. The highest BCUT2D eigenvalue weighted by molar-refractivity contribution is 6.45. The van der Waals surface area contributed by atoms with E-state index in [2.05, 4.69) is 20.3 Å². The van der Waals surface area contributed by atoms with Gasteiger partial charge in [0.2, 0.25) is 0 Å². The zero-order chi connectivity index (χ0) is 24.5. The predicted molar refractivity (Wildman–Crippen MR) is 125 cm³/mol. The van der Waals surface area contributed by atoms with Crippen molar-refractivity contribution in [3.8, 4) is 11.6 Å². The normalized spacial score (nSPS) is 15.9. The number of benzene rings is 1. The van der Waals surface area contributed by atoms with Gasteiger partial charge in [-0.2, -0.15) is 0 Å². The molecule has 1 fully saturated rings. The Labute approximate surface area is 200 Å². The molecule has 1 aromatic carbocycles. The number of aromatic amines is 1. The zero-order valence-electron chi connectivity index (χ0n) is 19.2. The smallest absolute Gasteiger partial charge is 0.295 e. The summed E-state index contributed by atoms with van der Waals surface area (Å²) in [5, 5.41) is 8.20. The van der Waals surface area contributed by atoms with Gasteiger partial charge in [-0.25, -0.2) is 9.67 Å². The summed E-state index contributed by atoms with van der Waals surface area (Å²) in [5.74, 6) is -0.614. The van der Waals surface area contributed by atoms with Gasteiger partial charge in [0.1, 0.15) is 5.75 Å². The highest BCUT2D eigenvalue weighted by Gasteiger charge is 2.34. The van der Waals surface area contributed by atoms with Crippen molar-refractivity contribution in [1.82, 2.24) is 34.8 Å². The number of ketones is 1. The fourth-order valence-electron chi connectivity index (χ4n) is 4.38. The van der Waals surface area contributed by atoms with Crippen molar-refractivity contribution >= 4 is 28.5 Å². The van der Waals surface area contributed by atoms with Crippen molar-refractivity contribution in [2.45, 2.75) is 13.0 Å². The van der Waals surface area contributed by atoms with Crippen molar-refractivity contribution in [2.24, 2.45) is 0 Å². The van der Waals surface area contributed by atoms with E-state index in [-0.39, 0.29) is 30.6 Å². The Balaban J connectivity index is 1.39. The predicted octanol–water partition coefficient (Wildman–Crippen LogP) is 1.71. The summed E-state index contributed by atoms with van der Waals surface area (Å²) in [6.45, 7) is 2.73. The average Bonchev–Trinajstić information content (AvgIpc) is 3.58. The minimum atomic E-state index is -0.666. The summed E-state index contributed by atoms with van der Waals surface area (Å²) < 4.78 is 6.88. The number of aromatic nitrogens is 5. The fraction of sp³-hybridized carbons (Fsp3) is 0.250. The molecule has 1 unspecified atom stereocenters. The summed E-state index contributed by atoms with van der Waals surface area (Å²) in [4.78, 5) is 50.0. The number of nitrogens with zero attached hydrogens (tertiary/aromatic N) is 6. The van der Waals surface area contributed by atoms with E-state index in [1.807, 2.05) is 25.1 Å². The summed E-state index contributed by atoms with van der Waals surface area (Å²) in [6, 6.07) is 8.78. The molecule has 2 amide bonds. The Bertz CT molecular complexity index is 1400. The first-order chi connectivity index (χ1) is 17.0. The summed E-state index contributed by atoms with van der Waals surface area (Å²) in [6.07, 6.45) is 6.09. The minimum absolute atomic E-state index is 0.0916. The second-order valence-corrected chi connectivity index (χ2v) is 8.24. The van der Waals surface area contributed by atoms with Gasteiger partial charge in [-0.15, -0.1) is 5.10 Å². The molecule has 35 heavy (non-hydrogen) atoms. The van der Waals surface area contributed by atoms with Crippen molar-refractivity contribution in [1.29, 1.82) is 0 Å². The third-order valence-corrected chi connectivity index (χ3v) is 6.15. The molecule has 4 heterocycles. The van der Waals surface area contributed by atoms with E-state index in [9.17, 15) is 14.4 Å². The second-order valence-electron chi connectivity index (χ2n) is 8.24. The van der Waals surface area contributed by atoms with Crippen molar-refractivity contribution in [3.63, 3.8) is 0 Å². The third-order valence-electron chi connectivity index (χ3n) is 6.15. The number of fused-ring (bicyclic) bond motifs is 1. The van der Waals surface area contributed by atoms with Gasteiger partial charge in [-0.3, -0.25) is 14.4 Å². The monoisotopic (exact) mass is 473 g/mol. The number of ether oxygens (including phenoxy) is 1. The molecule has 1 saturated heterocycles. The van der Waals surface area contributed by atoms with E-state index in [4.69, 9.17) is 4.74 Å². The molecule has 1 aliphatic heterocycles. The van der Waals surface area contributed by atoms with Gasteiger partial charge in [-0.05, 0) is 19.1 Å². The summed E-state index contributed by atoms with van der Waals surface area (Å²) in [5.41, 5.74) is 1.27. The van der Waals surface area contributed by atoms with Crippen LogP contribution in [0.25, 0.3) is 16.7 Å². The van der Waals surface area contributed by atoms with Crippen LogP contribution in [-0.4, -0.2) is 85.1 Å². The molecule has 178 valence electrons. The van der Waals surface area contributed by atoms with Gasteiger partial charge in [0.25, 0.3) is 17.6 Å². The summed E-state index contributed by atoms with van der Waals surface area (Å²) >= 11 is 0. The third kappa shape index (κ3) is 3.90. The lowest BCUT2D eigenvalue weighted by atomic mass is 10.1. The van der Waals surface area contributed by atoms with Crippen LogP contribution in [0, 0.1) is 0 Å². The molecule has 11 heteroatoms. The van der Waals surface area contributed by atoms with Crippen molar-refractivity contribution in [3.05, 3.63) is 66.2 Å². The number of carbonyl (C=O) groups excluding carboxylic acids is 3. The number of amides is 2. The van der Waals surface area contributed by atoms with Crippen LogP contribution in [0.5, 0.6) is 5.75 Å². The maximum absolute atomic E-state index is 13.3. The Hall–Kier alpha value is -4.54. The molecule has 4 aromatic rings. The number of nitrogens with one attached hydrogen (secondary N) is 1. The highest BCUT2D eigenvalue weighted by Crippen LogP contribution is 2.32. The first-order valence-electron chi connectivity index (χ1n) is 11.1. The standard InChI is InChI=1S/C24H23N7O4/c1-15-14-29(10-11-30(15)23(33)16-6-4-3-5-7-16)24(34)21(32)17-12-25-20-19(17)18(35-2)13-26-22(20)31-9-8-27-28-31/h3-9,12-13,15,25H,10-11,14H2,1-2H3. The number of H-pyrrole nitrogens is 1. The molecule has 3 aromatic heterocycles. The van der Waals surface area contributed by atoms with Crippen LogP contribution >= 0.6 is 0 Å². The first kappa shape index (κ1) is 22.3. The molecule has 1 N–H and O–H groups in total. The quantitative estimate of drug-likeness (QED) is 0.345. The molecule has 0 bridgehead atoms. The van der Waals surface area contributed by atoms with E-state index >= 15 is 0 Å². The molecule has 0 spiro atoms. The van der Waals surface area contributed by atoms with Gasteiger partial charge in [0, 0.05) is 37.4 Å². The van der Waals surface area contributed by atoms with Crippen LogP contribution in [0.4, 0.5) is 0 Å². The van der Waals surface area contributed by atoms with Crippen LogP contribution in [0.15, 0.2) is 55.1 Å². The van der Waals surface area contributed by atoms with E-state index in [0.717, 1.165) is 0 Å². The molecular weight excluding hydrogens is 450 g/mol. The molecule has 0 radical (unpaired) electrons. The van der Waals surface area contributed by atoms with E-state index in [0.29, 0.717) is 34.6 Å². The SMILES string of the molecule is COc1cnc(-n2ccnn2)c2[nH]cc(C(=O)C(=O)N3CCN(C(=O)c4ccccc4)C(C)C3)c12. The minimum Gasteiger partial charge on any atom is -0.494 e. The number of hydrogen-bond acceptors (Lipinski definition) is 7. The van der Waals surface area contributed by atoms with Crippen molar-refractivity contribution in [2.75, 3.05) is 26.7 Å². The maximum Gasteiger partial charge on any atom is 0.295 e. The lowest BCUT2D eigenvalue weighted by molar-refractivity contribution is -0.128. The first-order valence-corrected chi connectivity index (χ1v) is 11.1. The molecule has 1 atom stereocenters. The lowest BCUT2D eigenvalue weighted by Gasteiger charge is -2.39. The van der Waals surface area contributed by atoms with Crippen LogP contribution in [0.1, 0.15) is 27.6 Å². The fourth-order valence-corrected chi connectivity index (χ4v) is 4.38. The molecule has 1 aliphatic rings. The van der Waals surface area contributed by atoms with Crippen LogP contribution < -0.4 is 4.74 Å². The number of carbonyl (C=O) groups is 3. The van der Waals surface area contributed by atoms with E-state index in [1.54, 1.807) is 23.2 Å². The van der Waals surface area contributed by atoms with Crippen LogP contribution in [-0.2, 0) is 4.79 Å². The topological polar surface area (TPSA) is 126 Å². The van der Waals surface area contributed by atoms with Gasteiger partial charge in [-0.1, -0.05) is 23.4 Å². The number of Topliss-reactive ketones (excluding diaryl/α,β-unsaturated/α-hetero) is 1. The number of pyridine rings is 1. The Kier molecular flexibility index (Phi) is 5.73. The van der Waals surface area contributed by atoms with E-state index < -0.39 is 11.7 Å². The number of methoxy groups -OCH3 is 1. The van der Waals surface area contributed by atoms with E-state index in [1.165, 1.54) is 35.3 Å². The molecular formula is C24H23N7O4. The number of rotatable bonds is 5. The number of hydrogen-bond donors (Lipinski definition) is 1. The van der Waals surface area contributed by atoms with Gasteiger partial charge < -0.3 is 19.5 Å². The maximum atomic E-state index is 13.3. The summed E-state index contributed by atoms with van der Waals surface area (Å²) in [7, 11) is 1.47.